The number of hydrogen-bond acceptors (Lipinski definition) is 2. The molecule has 1 unspecified atom stereocenters. The largest absolute Gasteiger partial charge is 0.494 e. The molecule has 26 heavy (non-hydrogen) atoms. The van der Waals surface area contributed by atoms with Crippen molar-refractivity contribution in [2.75, 3.05) is 0 Å². The Hall–Kier alpha value is -1.72. The van der Waals surface area contributed by atoms with E-state index < -0.39 is 13.5 Å². The Kier molecular flexibility index (Phi) is 4.97. The first kappa shape index (κ1) is 19.1. The lowest BCUT2D eigenvalue weighted by Gasteiger charge is -2.32. The van der Waals surface area contributed by atoms with Crippen LogP contribution in [-0.4, -0.2) is 18.3 Å². The zero-order valence-electron chi connectivity index (χ0n) is 15.9. The molecule has 1 aliphatic rings. The van der Waals surface area contributed by atoms with Crippen molar-refractivity contribution in [1.82, 2.24) is 0 Å². The molecule has 1 saturated heterocycles. The molecule has 0 spiro atoms. The third kappa shape index (κ3) is 3.56. The predicted molar refractivity (Wildman–Crippen MR) is 101 cm³/mol. The van der Waals surface area contributed by atoms with Crippen molar-refractivity contribution in [3.05, 3.63) is 65.2 Å². The van der Waals surface area contributed by atoms with Gasteiger partial charge in [-0.3, -0.25) is 0 Å². The van der Waals surface area contributed by atoms with E-state index in [0.717, 1.165) is 16.6 Å². The minimum absolute atomic E-state index is 0.0287. The quantitative estimate of drug-likeness (QED) is 0.710. The lowest BCUT2D eigenvalue weighted by molar-refractivity contribution is 0.00578. The zero-order chi connectivity index (χ0) is 19.1. The third-order valence-corrected chi connectivity index (χ3v) is 5.62. The molecule has 138 valence electrons. The molecule has 1 heterocycles. The van der Waals surface area contributed by atoms with Gasteiger partial charge in [-0.15, -0.1) is 0 Å². The van der Waals surface area contributed by atoms with Crippen LogP contribution in [0.5, 0.6) is 0 Å². The summed E-state index contributed by atoms with van der Waals surface area (Å²) >= 11 is 0. The van der Waals surface area contributed by atoms with Gasteiger partial charge in [0.1, 0.15) is 0 Å². The maximum atomic E-state index is 12.9. The van der Waals surface area contributed by atoms with E-state index in [-0.39, 0.29) is 22.7 Å². The number of alkyl halides is 2. The second-order valence-corrected chi connectivity index (χ2v) is 7.95. The van der Waals surface area contributed by atoms with Crippen molar-refractivity contribution in [3.8, 4) is 0 Å². The van der Waals surface area contributed by atoms with Gasteiger partial charge in [0, 0.05) is 11.5 Å². The smallest absolute Gasteiger partial charge is 0.399 e. The standard InChI is InChI=1S/C21H25BF2O2/c1-14(16-7-6-8-17(13-16)19(23)24)15-9-11-18(12-10-15)22-25-20(2,3)21(4,5)26-22/h6-14,19H,1-5H3. The second-order valence-electron chi connectivity index (χ2n) is 7.95. The van der Waals surface area contributed by atoms with Gasteiger partial charge in [-0.2, -0.15) is 0 Å². The number of halogens is 2. The Labute approximate surface area is 154 Å². The van der Waals surface area contributed by atoms with Crippen LogP contribution in [0, 0.1) is 0 Å². The van der Waals surface area contributed by atoms with E-state index in [2.05, 4.69) is 0 Å². The normalized spacial score (nSPS) is 19.8. The van der Waals surface area contributed by atoms with Crippen LogP contribution in [0.15, 0.2) is 48.5 Å². The Bertz CT molecular complexity index is 756. The first-order valence-corrected chi connectivity index (χ1v) is 8.94. The fourth-order valence-electron chi connectivity index (χ4n) is 3.08. The van der Waals surface area contributed by atoms with Crippen molar-refractivity contribution in [2.45, 2.75) is 58.2 Å². The molecule has 2 aromatic rings. The summed E-state index contributed by atoms with van der Waals surface area (Å²) < 4.78 is 38.0. The summed E-state index contributed by atoms with van der Waals surface area (Å²) in [5.74, 6) is 0.0287. The minimum Gasteiger partial charge on any atom is -0.399 e. The van der Waals surface area contributed by atoms with Gasteiger partial charge in [-0.1, -0.05) is 49.4 Å². The maximum absolute atomic E-state index is 12.9. The molecule has 0 saturated carbocycles. The van der Waals surface area contributed by atoms with E-state index >= 15 is 0 Å². The molecule has 0 aromatic heterocycles. The summed E-state index contributed by atoms with van der Waals surface area (Å²) in [6, 6.07) is 14.6. The highest BCUT2D eigenvalue weighted by atomic mass is 19.3. The van der Waals surface area contributed by atoms with Gasteiger partial charge in [0.2, 0.25) is 0 Å². The van der Waals surface area contributed by atoms with Crippen molar-refractivity contribution in [2.24, 2.45) is 0 Å². The lowest BCUT2D eigenvalue weighted by atomic mass is 9.78. The van der Waals surface area contributed by atoms with Crippen LogP contribution in [0.3, 0.4) is 0 Å². The molecular weight excluding hydrogens is 333 g/mol. The van der Waals surface area contributed by atoms with E-state index in [0.29, 0.717) is 0 Å². The summed E-state index contributed by atoms with van der Waals surface area (Å²) in [5, 5.41) is 0. The lowest BCUT2D eigenvalue weighted by Crippen LogP contribution is -2.41. The molecule has 0 N–H and O–H groups in total. The fraction of sp³-hybridized carbons (Fsp3) is 0.429. The first-order chi connectivity index (χ1) is 12.1. The van der Waals surface area contributed by atoms with Crippen molar-refractivity contribution in [1.29, 1.82) is 0 Å². The van der Waals surface area contributed by atoms with Crippen molar-refractivity contribution < 1.29 is 18.1 Å². The topological polar surface area (TPSA) is 18.5 Å². The van der Waals surface area contributed by atoms with Gasteiger partial charge in [0.15, 0.2) is 0 Å². The van der Waals surface area contributed by atoms with E-state index in [1.807, 2.05) is 65.0 Å². The highest BCUT2D eigenvalue weighted by Gasteiger charge is 2.51. The van der Waals surface area contributed by atoms with Crippen LogP contribution >= 0.6 is 0 Å². The first-order valence-electron chi connectivity index (χ1n) is 8.94. The Morgan fingerprint density at radius 1 is 0.808 bits per heavy atom. The van der Waals surface area contributed by atoms with Gasteiger partial charge >= 0.3 is 7.12 Å². The number of benzene rings is 2. The van der Waals surface area contributed by atoms with Crippen LogP contribution in [0.1, 0.15) is 63.7 Å². The van der Waals surface area contributed by atoms with Gasteiger partial charge in [-0.25, -0.2) is 8.78 Å². The molecule has 2 aromatic carbocycles. The molecule has 2 nitrogen and oxygen atoms in total. The highest BCUT2D eigenvalue weighted by molar-refractivity contribution is 6.62. The second kappa shape index (κ2) is 6.78. The predicted octanol–water partition coefficient (Wildman–Crippen LogP) is 5.08. The van der Waals surface area contributed by atoms with Crippen LogP contribution < -0.4 is 5.46 Å². The Morgan fingerprint density at radius 2 is 1.35 bits per heavy atom. The number of hydrogen-bond donors (Lipinski definition) is 0. The summed E-state index contributed by atoms with van der Waals surface area (Å²) in [7, 11) is -0.397. The summed E-state index contributed by atoms with van der Waals surface area (Å²) in [5.41, 5.74) is 2.21. The molecule has 0 radical (unpaired) electrons. The molecule has 0 aliphatic carbocycles. The van der Waals surface area contributed by atoms with Gasteiger partial charge in [0.05, 0.1) is 11.2 Å². The zero-order valence-corrected chi connectivity index (χ0v) is 15.9. The summed E-state index contributed by atoms with van der Waals surface area (Å²) in [4.78, 5) is 0. The third-order valence-electron chi connectivity index (χ3n) is 5.62. The summed E-state index contributed by atoms with van der Waals surface area (Å²) in [6.45, 7) is 10.1. The molecule has 0 amide bonds. The molecule has 0 bridgehead atoms. The molecule has 1 fully saturated rings. The Balaban J connectivity index is 1.79. The maximum Gasteiger partial charge on any atom is 0.494 e. The Morgan fingerprint density at radius 3 is 1.88 bits per heavy atom. The van der Waals surface area contributed by atoms with Crippen molar-refractivity contribution in [3.63, 3.8) is 0 Å². The monoisotopic (exact) mass is 358 g/mol. The van der Waals surface area contributed by atoms with Gasteiger partial charge in [0.25, 0.3) is 6.43 Å². The van der Waals surface area contributed by atoms with Crippen LogP contribution in [-0.2, 0) is 9.31 Å². The van der Waals surface area contributed by atoms with Gasteiger partial charge in [-0.05, 0) is 50.4 Å². The molecular formula is C21H25BF2O2. The average molecular weight is 358 g/mol. The van der Waals surface area contributed by atoms with E-state index in [1.54, 1.807) is 12.1 Å². The molecule has 3 rings (SSSR count). The van der Waals surface area contributed by atoms with E-state index in [1.165, 1.54) is 6.07 Å². The van der Waals surface area contributed by atoms with Gasteiger partial charge < -0.3 is 9.31 Å². The van der Waals surface area contributed by atoms with Crippen LogP contribution in [0.4, 0.5) is 8.78 Å². The van der Waals surface area contributed by atoms with Crippen molar-refractivity contribution >= 4 is 12.6 Å². The number of rotatable bonds is 4. The molecule has 1 aliphatic heterocycles. The average Bonchev–Trinajstić information content (AvgIpc) is 2.82. The molecule has 5 heteroatoms. The van der Waals surface area contributed by atoms with Crippen LogP contribution in [0.2, 0.25) is 0 Å². The van der Waals surface area contributed by atoms with E-state index in [4.69, 9.17) is 9.31 Å². The fourth-order valence-corrected chi connectivity index (χ4v) is 3.08. The minimum atomic E-state index is -2.45. The summed E-state index contributed by atoms with van der Waals surface area (Å²) in [6.07, 6.45) is -2.45. The molecule has 1 atom stereocenters. The SMILES string of the molecule is CC(c1ccc(B2OC(C)(C)C(C)(C)O2)cc1)c1cccc(C(F)F)c1. The van der Waals surface area contributed by atoms with E-state index in [9.17, 15) is 8.78 Å². The van der Waals surface area contributed by atoms with Crippen LogP contribution in [0.25, 0.3) is 0 Å². The highest BCUT2D eigenvalue weighted by Crippen LogP contribution is 2.36.